The number of nitrogens with zero attached hydrogens (tertiary/aromatic N) is 2. The second-order valence-electron chi connectivity index (χ2n) is 9.12. The minimum atomic E-state index is -0.551. The number of amidine groups is 1. The molecule has 0 unspecified atom stereocenters. The smallest absolute Gasteiger partial charge is 0.338 e. The van der Waals surface area contributed by atoms with Gasteiger partial charge >= 0.3 is 5.97 Å². The van der Waals surface area contributed by atoms with Crippen molar-refractivity contribution in [3.8, 4) is 11.5 Å². The van der Waals surface area contributed by atoms with E-state index in [9.17, 15) is 9.59 Å². The lowest BCUT2D eigenvalue weighted by atomic mass is 9.93. The van der Waals surface area contributed by atoms with Gasteiger partial charge < -0.3 is 24.4 Å². The number of ether oxygens (including phenoxy) is 3. The molecule has 1 amide bonds. The van der Waals surface area contributed by atoms with Crippen molar-refractivity contribution in [1.82, 2.24) is 10.2 Å². The number of nitrogens with one attached hydrogen (secondary N) is 1. The molecule has 2 aromatic carbocycles. The van der Waals surface area contributed by atoms with Gasteiger partial charge in [0, 0.05) is 11.7 Å². The fourth-order valence-electron chi connectivity index (χ4n) is 4.36. The van der Waals surface area contributed by atoms with Gasteiger partial charge in [0.2, 0.25) is 5.91 Å². The van der Waals surface area contributed by atoms with Gasteiger partial charge in [-0.3, -0.25) is 4.79 Å². The number of methoxy groups -OCH3 is 2. The Labute approximate surface area is 227 Å². The Morgan fingerprint density at radius 1 is 1.13 bits per heavy atom. The first-order chi connectivity index (χ1) is 18.4. The molecule has 0 aromatic heterocycles. The number of rotatable bonds is 10. The van der Waals surface area contributed by atoms with Crippen LogP contribution < -0.4 is 14.8 Å². The van der Waals surface area contributed by atoms with Crippen LogP contribution in [0, 0.1) is 0 Å². The van der Waals surface area contributed by atoms with Crippen LogP contribution in [0.25, 0.3) is 0 Å². The summed E-state index contributed by atoms with van der Waals surface area (Å²) < 4.78 is 16.9. The highest BCUT2D eigenvalue weighted by atomic mass is 32.2. The van der Waals surface area contributed by atoms with E-state index in [0.29, 0.717) is 34.5 Å². The number of benzene rings is 2. The van der Waals surface area contributed by atoms with Crippen LogP contribution in [0.3, 0.4) is 0 Å². The Bertz CT molecular complexity index is 1290. The second-order valence-corrected chi connectivity index (χ2v) is 9.96. The SMILES string of the molecule is CC[C@@H](C)NC(=O)CC1=CSC2=NC(C)=C(C(=O)OC)[C@@H](c3ccc(OCc4ccccc4)c(OC)c3)N12. The predicted molar refractivity (Wildman–Crippen MR) is 149 cm³/mol. The van der Waals surface area contributed by atoms with Gasteiger partial charge in [-0.2, -0.15) is 0 Å². The Morgan fingerprint density at radius 2 is 1.89 bits per heavy atom. The molecule has 0 spiro atoms. The Balaban J connectivity index is 1.68. The molecule has 0 bridgehead atoms. The summed E-state index contributed by atoms with van der Waals surface area (Å²) in [6, 6.07) is 15.0. The topological polar surface area (TPSA) is 89.5 Å². The third-order valence-electron chi connectivity index (χ3n) is 6.51. The van der Waals surface area contributed by atoms with Crippen LogP contribution in [0.5, 0.6) is 11.5 Å². The minimum absolute atomic E-state index is 0.0721. The lowest BCUT2D eigenvalue weighted by Gasteiger charge is -2.36. The molecule has 8 nitrogen and oxygen atoms in total. The standard InChI is InChI=1S/C29H33N3O5S/c1-6-18(2)30-25(33)15-22-17-38-29-31-19(3)26(28(34)36-5)27(32(22)29)21-12-13-23(24(14-21)35-4)37-16-20-10-8-7-9-11-20/h7-14,17-18,27H,6,15-16H2,1-5H3,(H,30,33)/t18-,27-/m1/s1. The molecule has 0 fully saturated rings. The van der Waals surface area contributed by atoms with E-state index in [1.807, 2.05) is 72.7 Å². The van der Waals surface area contributed by atoms with Crippen LogP contribution in [0.15, 0.2) is 75.9 Å². The highest BCUT2D eigenvalue weighted by molar-refractivity contribution is 8.16. The van der Waals surface area contributed by atoms with E-state index in [1.54, 1.807) is 14.0 Å². The quantitative estimate of drug-likeness (QED) is 0.412. The molecule has 0 aliphatic carbocycles. The largest absolute Gasteiger partial charge is 0.493 e. The minimum Gasteiger partial charge on any atom is -0.493 e. The Hall–Kier alpha value is -3.72. The van der Waals surface area contributed by atoms with Gasteiger partial charge in [-0.1, -0.05) is 55.1 Å². The first kappa shape index (κ1) is 27.3. The number of carbonyl (C=O) groups excluding carboxylic acids is 2. The summed E-state index contributed by atoms with van der Waals surface area (Å²) in [6.45, 7) is 6.19. The molecule has 0 saturated heterocycles. The van der Waals surface area contributed by atoms with Crippen LogP contribution in [-0.4, -0.2) is 42.2 Å². The van der Waals surface area contributed by atoms with Crippen molar-refractivity contribution in [2.75, 3.05) is 14.2 Å². The number of fused-ring (bicyclic) bond motifs is 1. The number of carbonyl (C=O) groups is 2. The molecule has 9 heteroatoms. The van der Waals surface area contributed by atoms with Gasteiger partial charge in [-0.15, -0.1) is 0 Å². The number of thioether (sulfide) groups is 1. The second kappa shape index (κ2) is 12.2. The molecular formula is C29H33N3O5S. The number of allylic oxidation sites excluding steroid dienone is 1. The van der Waals surface area contributed by atoms with Crippen LogP contribution in [0.1, 0.15) is 50.8 Å². The molecule has 0 saturated carbocycles. The van der Waals surface area contributed by atoms with Crippen LogP contribution in [0.2, 0.25) is 0 Å². The van der Waals surface area contributed by atoms with Gasteiger partial charge in [-0.05, 0) is 48.9 Å². The van der Waals surface area contributed by atoms with E-state index in [4.69, 9.17) is 14.2 Å². The first-order valence-electron chi connectivity index (χ1n) is 12.5. The number of hydrogen-bond acceptors (Lipinski definition) is 8. The molecule has 200 valence electrons. The van der Waals surface area contributed by atoms with Crippen molar-refractivity contribution in [3.05, 3.63) is 82.0 Å². The molecule has 0 radical (unpaired) electrons. The van der Waals surface area contributed by atoms with Crippen molar-refractivity contribution < 1.29 is 23.8 Å². The Morgan fingerprint density at radius 3 is 2.58 bits per heavy atom. The number of amides is 1. The van der Waals surface area contributed by atoms with Gasteiger partial charge in [0.05, 0.1) is 38.0 Å². The Kier molecular flexibility index (Phi) is 8.78. The maximum absolute atomic E-state index is 13.0. The van der Waals surface area contributed by atoms with E-state index in [1.165, 1.54) is 18.9 Å². The molecule has 38 heavy (non-hydrogen) atoms. The highest BCUT2D eigenvalue weighted by Gasteiger charge is 2.41. The average Bonchev–Trinajstić information content (AvgIpc) is 3.32. The summed E-state index contributed by atoms with van der Waals surface area (Å²) in [4.78, 5) is 32.4. The zero-order valence-corrected chi connectivity index (χ0v) is 23.1. The van der Waals surface area contributed by atoms with Crippen molar-refractivity contribution >= 4 is 28.8 Å². The number of aliphatic imine (C=N–C) groups is 1. The van der Waals surface area contributed by atoms with E-state index < -0.39 is 12.0 Å². The molecule has 2 atom stereocenters. The molecule has 2 aliphatic heterocycles. The number of esters is 1. The van der Waals surface area contributed by atoms with Gasteiger partial charge in [0.1, 0.15) is 6.61 Å². The molecule has 2 aliphatic rings. The van der Waals surface area contributed by atoms with Crippen molar-refractivity contribution in [2.45, 2.75) is 52.3 Å². The van der Waals surface area contributed by atoms with E-state index in [0.717, 1.165) is 23.2 Å². The third kappa shape index (κ3) is 5.88. The first-order valence-corrected chi connectivity index (χ1v) is 13.4. The van der Waals surface area contributed by atoms with Gasteiger partial charge in [0.25, 0.3) is 0 Å². The summed E-state index contributed by atoms with van der Waals surface area (Å²) in [7, 11) is 2.94. The molecule has 1 N–H and O–H groups in total. The van der Waals surface area contributed by atoms with E-state index >= 15 is 0 Å². The molecule has 2 aromatic rings. The molecular weight excluding hydrogens is 502 g/mol. The summed E-state index contributed by atoms with van der Waals surface area (Å²) in [5, 5.41) is 5.64. The van der Waals surface area contributed by atoms with Crippen molar-refractivity contribution in [1.29, 1.82) is 0 Å². The van der Waals surface area contributed by atoms with Crippen molar-refractivity contribution in [3.63, 3.8) is 0 Å². The average molecular weight is 536 g/mol. The normalized spacial score (nSPS) is 17.3. The lowest BCUT2D eigenvalue weighted by Crippen LogP contribution is -2.39. The number of hydrogen-bond donors (Lipinski definition) is 1. The fourth-order valence-corrected chi connectivity index (χ4v) is 5.32. The van der Waals surface area contributed by atoms with E-state index in [2.05, 4.69) is 10.3 Å². The monoisotopic (exact) mass is 535 g/mol. The van der Waals surface area contributed by atoms with Gasteiger partial charge in [-0.25, -0.2) is 9.79 Å². The van der Waals surface area contributed by atoms with Crippen molar-refractivity contribution in [2.24, 2.45) is 4.99 Å². The maximum atomic E-state index is 13.0. The zero-order valence-electron chi connectivity index (χ0n) is 22.3. The summed E-state index contributed by atoms with van der Waals surface area (Å²) in [5.41, 5.74) is 3.57. The summed E-state index contributed by atoms with van der Waals surface area (Å²) >= 11 is 1.44. The van der Waals surface area contributed by atoms with Crippen LogP contribution in [-0.2, 0) is 20.9 Å². The third-order valence-corrected chi connectivity index (χ3v) is 7.40. The summed E-state index contributed by atoms with van der Waals surface area (Å²) in [5.74, 6) is 0.569. The zero-order chi connectivity index (χ0) is 27.2. The van der Waals surface area contributed by atoms with Gasteiger partial charge in [0.15, 0.2) is 16.7 Å². The van der Waals surface area contributed by atoms with Crippen LogP contribution >= 0.6 is 11.8 Å². The fraction of sp³-hybridized carbons (Fsp3) is 0.345. The molecule has 2 heterocycles. The predicted octanol–water partition coefficient (Wildman–Crippen LogP) is 5.33. The summed E-state index contributed by atoms with van der Waals surface area (Å²) in [6.07, 6.45) is 1.00. The molecule has 4 rings (SSSR count). The highest BCUT2D eigenvalue weighted by Crippen LogP contribution is 2.46. The van der Waals surface area contributed by atoms with E-state index in [-0.39, 0.29) is 18.4 Å². The maximum Gasteiger partial charge on any atom is 0.338 e. The van der Waals surface area contributed by atoms with Crippen LogP contribution in [0.4, 0.5) is 0 Å². The lowest BCUT2D eigenvalue weighted by molar-refractivity contribution is -0.136.